The lowest BCUT2D eigenvalue weighted by Crippen LogP contribution is -2.01. The van der Waals surface area contributed by atoms with Crippen LogP contribution in [0.3, 0.4) is 0 Å². The minimum Gasteiger partial charge on any atom is -0.308 e. The summed E-state index contributed by atoms with van der Waals surface area (Å²) in [5.41, 5.74) is 1.12. The van der Waals surface area contributed by atoms with Gasteiger partial charge in [-0.25, -0.2) is 4.98 Å². The van der Waals surface area contributed by atoms with E-state index in [1.807, 2.05) is 13.3 Å². The first kappa shape index (κ1) is 13.8. The quantitative estimate of drug-likeness (QED) is 0.650. The third-order valence-electron chi connectivity index (χ3n) is 2.77. The fraction of sp³-hybridized carbons (Fsp3) is 0.308. The molecule has 0 aliphatic rings. The third-order valence-corrected chi connectivity index (χ3v) is 5.55. The van der Waals surface area contributed by atoms with Crippen molar-refractivity contribution in [2.75, 3.05) is 0 Å². The van der Waals surface area contributed by atoms with Gasteiger partial charge in [0.2, 0.25) is 0 Å². The first-order valence-electron chi connectivity index (χ1n) is 6.25. The average molecular weight is 322 g/mol. The van der Waals surface area contributed by atoms with E-state index in [0.29, 0.717) is 0 Å². The highest BCUT2D eigenvalue weighted by Crippen LogP contribution is 2.22. The summed E-state index contributed by atoms with van der Waals surface area (Å²) in [6, 6.07) is 4.26. The molecule has 0 atom stereocenters. The van der Waals surface area contributed by atoms with Crippen molar-refractivity contribution in [3.05, 3.63) is 44.8 Å². The molecule has 3 heterocycles. The maximum absolute atomic E-state index is 4.47. The van der Waals surface area contributed by atoms with Crippen LogP contribution in [-0.2, 0) is 18.7 Å². The zero-order chi connectivity index (χ0) is 13.8. The molecule has 0 aliphatic carbocycles. The van der Waals surface area contributed by atoms with Crippen LogP contribution in [-0.4, -0.2) is 19.7 Å². The largest absolute Gasteiger partial charge is 0.308 e. The molecule has 0 aliphatic heterocycles. The predicted octanol–water partition coefficient (Wildman–Crippen LogP) is 3.64. The number of hydrogen-bond donors (Lipinski definition) is 0. The zero-order valence-corrected chi connectivity index (χ0v) is 13.5. The highest BCUT2D eigenvalue weighted by Gasteiger charge is 2.07. The van der Waals surface area contributed by atoms with E-state index in [0.717, 1.165) is 34.6 Å². The monoisotopic (exact) mass is 322 g/mol. The molecule has 3 aromatic heterocycles. The number of aromatic nitrogens is 4. The van der Waals surface area contributed by atoms with Gasteiger partial charge in [0.15, 0.2) is 5.16 Å². The van der Waals surface area contributed by atoms with Gasteiger partial charge in [-0.3, -0.25) is 0 Å². The van der Waals surface area contributed by atoms with Gasteiger partial charge in [-0.15, -0.1) is 32.9 Å². The Kier molecular flexibility index (Phi) is 4.49. The maximum atomic E-state index is 4.47. The Bertz CT molecular complexity index is 657. The number of thiazole rings is 1. The van der Waals surface area contributed by atoms with Crippen LogP contribution >= 0.6 is 34.4 Å². The van der Waals surface area contributed by atoms with Crippen LogP contribution in [0.25, 0.3) is 0 Å². The van der Waals surface area contributed by atoms with Crippen molar-refractivity contribution in [2.24, 2.45) is 0 Å². The lowest BCUT2D eigenvalue weighted by Gasteiger charge is -2.04. The summed E-state index contributed by atoms with van der Waals surface area (Å²) < 4.78 is 2.11. The van der Waals surface area contributed by atoms with Crippen molar-refractivity contribution in [1.29, 1.82) is 0 Å². The lowest BCUT2D eigenvalue weighted by molar-refractivity contribution is 0.637. The van der Waals surface area contributed by atoms with Crippen molar-refractivity contribution in [2.45, 2.75) is 30.8 Å². The molecule has 0 saturated heterocycles. The Labute approximate surface area is 129 Å². The molecule has 0 bridgehead atoms. The van der Waals surface area contributed by atoms with E-state index < -0.39 is 0 Å². The number of nitrogens with zero attached hydrogens (tertiary/aromatic N) is 4. The summed E-state index contributed by atoms with van der Waals surface area (Å²) in [5.74, 6) is 0.849. The normalized spacial score (nSPS) is 11.1. The first-order valence-corrected chi connectivity index (χ1v) is 9.00. The second-order valence-corrected chi connectivity index (χ2v) is 7.32. The second-order valence-electron chi connectivity index (χ2n) is 4.28. The average Bonchev–Trinajstić information content (AvgIpc) is 3.16. The highest BCUT2D eigenvalue weighted by molar-refractivity contribution is 7.98. The second kappa shape index (κ2) is 6.51. The molecular formula is C13H14N4S3. The molecule has 3 aromatic rings. The van der Waals surface area contributed by atoms with E-state index in [1.54, 1.807) is 34.4 Å². The van der Waals surface area contributed by atoms with Gasteiger partial charge < -0.3 is 4.57 Å². The van der Waals surface area contributed by atoms with Crippen LogP contribution in [0.5, 0.6) is 0 Å². The number of aryl methyl sites for hydroxylation is 3. The van der Waals surface area contributed by atoms with Crippen LogP contribution in [0.1, 0.15) is 15.6 Å². The standard InChI is InChI=1S/C13H14N4S3/c1-10-15-11(7-19-10)8-20-13-16-14-9-17(13)5-4-12-3-2-6-18-12/h2-3,6-7,9H,4-5,8H2,1H3. The molecule has 0 N–H and O–H groups in total. The topological polar surface area (TPSA) is 43.6 Å². The molecule has 0 unspecified atom stereocenters. The van der Waals surface area contributed by atoms with Gasteiger partial charge in [0.25, 0.3) is 0 Å². The van der Waals surface area contributed by atoms with Crippen LogP contribution in [0.15, 0.2) is 34.4 Å². The SMILES string of the molecule is Cc1nc(CSc2nncn2CCc2cccs2)cs1. The number of thiophene rings is 1. The minimum atomic E-state index is 0.849. The lowest BCUT2D eigenvalue weighted by atomic mass is 10.3. The van der Waals surface area contributed by atoms with E-state index in [4.69, 9.17) is 0 Å². The molecule has 7 heteroatoms. The molecule has 0 aromatic carbocycles. The Morgan fingerprint density at radius 3 is 3.05 bits per heavy atom. The molecular weight excluding hydrogens is 308 g/mol. The fourth-order valence-corrected chi connectivity index (χ4v) is 4.06. The van der Waals surface area contributed by atoms with Crippen LogP contribution in [0.2, 0.25) is 0 Å². The van der Waals surface area contributed by atoms with Crippen molar-refractivity contribution >= 4 is 34.4 Å². The molecule has 0 fully saturated rings. The summed E-state index contributed by atoms with van der Waals surface area (Å²) in [6.07, 6.45) is 2.83. The zero-order valence-electron chi connectivity index (χ0n) is 11.0. The molecule has 20 heavy (non-hydrogen) atoms. The van der Waals surface area contributed by atoms with Crippen molar-refractivity contribution in [3.63, 3.8) is 0 Å². The van der Waals surface area contributed by atoms with E-state index >= 15 is 0 Å². The van der Waals surface area contributed by atoms with Gasteiger partial charge in [0, 0.05) is 22.6 Å². The summed E-state index contributed by atoms with van der Waals surface area (Å²) in [4.78, 5) is 5.86. The summed E-state index contributed by atoms with van der Waals surface area (Å²) in [7, 11) is 0. The van der Waals surface area contributed by atoms with E-state index in [1.165, 1.54) is 4.88 Å². The molecule has 3 rings (SSSR count). The smallest absolute Gasteiger partial charge is 0.191 e. The summed E-state index contributed by atoms with van der Waals surface area (Å²) in [5, 5.41) is 14.5. The molecule has 4 nitrogen and oxygen atoms in total. The molecule has 104 valence electrons. The summed E-state index contributed by atoms with van der Waals surface area (Å²) >= 11 is 5.18. The Hall–Kier alpha value is -1.18. The van der Waals surface area contributed by atoms with E-state index in [2.05, 4.69) is 42.6 Å². The van der Waals surface area contributed by atoms with Crippen molar-refractivity contribution < 1.29 is 0 Å². The van der Waals surface area contributed by atoms with Gasteiger partial charge in [-0.1, -0.05) is 17.8 Å². The molecule has 0 amide bonds. The van der Waals surface area contributed by atoms with Gasteiger partial charge in [0.05, 0.1) is 10.7 Å². The first-order chi connectivity index (χ1) is 9.81. The Morgan fingerprint density at radius 2 is 2.30 bits per heavy atom. The highest BCUT2D eigenvalue weighted by atomic mass is 32.2. The van der Waals surface area contributed by atoms with Crippen molar-refractivity contribution in [3.8, 4) is 0 Å². The number of thioether (sulfide) groups is 1. The Balaban J connectivity index is 1.58. The predicted molar refractivity (Wildman–Crippen MR) is 84.5 cm³/mol. The molecule has 0 spiro atoms. The maximum Gasteiger partial charge on any atom is 0.191 e. The Morgan fingerprint density at radius 1 is 1.35 bits per heavy atom. The molecule has 0 saturated carbocycles. The van der Waals surface area contributed by atoms with Crippen LogP contribution in [0.4, 0.5) is 0 Å². The van der Waals surface area contributed by atoms with Crippen LogP contribution in [0, 0.1) is 6.92 Å². The van der Waals surface area contributed by atoms with Gasteiger partial charge >= 0.3 is 0 Å². The summed E-state index contributed by atoms with van der Waals surface area (Å²) in [6.45, 7) is 2.95. The number of hydrogen-bond acceptors (Lipinski definition) is 6. The minimum absolute atomic E-state index is 0.849. The fourth-order valence-electron chi connectivity index (χ4n) is 1.81. The van der Waals surface area contributed by atoms with Crippen LogP contribution < -0.4 is 0 Å². The van der Waals surface area contributed by atoms with Gasteiger partial charge in [-0.2, -0.15) is 0 Å². The van der Waals surface area contributed by atoms with E-state index in [9.17, 15) is 0 Å². The van der Waals surface area contributed by atoms with Gasteiger partial charge in [0.1, 0.15) is 6.33 Å². The number of rotatable bonds is 6. The van der Waals surface area contributed by atoms with Gasteiger partial charge in [-0.05, 0) is 24.8 Å². The molecule has 0 radical (unpaired) electrons. The van der Waals surface area contributed by atoms with Crippen molar-refractivity contribution in [1.82, 2.24) is 19.7 Å². The van der Waals surface area contributed by atoms with E-state index in [-0.39, 0.29) is 0 Å². The third kappa shape index (κ3) is 3.47.